The molecule has 0 aliphatic carbocycles. The fraction of sp³-hybridized carbons (Fsp3) is 0.133. The minimum Gasteiger partial charge on any atom is -0.398 e. The molecule has 0 amide bonds. The number of benzene rings is 2. The molecule has 0 aliphatic rings. The molecule has 0 aromatic heterocycles. The monoisotopic (exact) mass is 317 g/mol. The summed E-state index contributed by atoms with van der Waals surface area (Å²) in [6.07, 6.45) is 1.84. The van der Waals surface area contributed by atoms with Crippen molar-refractivity contribution >= 4 is 39.2 Å². The van der Waals surface area contributed by atoms with E-state index < -0.39 is 0 Å². The van der Waals surface area contributed by atoms with E-state index in [2.05, 4.69) is 38.0 Å². The van der Waals surface area contributed by atoms with Crippen molar-refractivity contribution in [2.45, 2.75) is 0 Å². The Kier molecular flexibility index (Phi) is 4.22. The van der Waals surface area contributed by atoms with Crippen LogP contribution in [-0.2, 0) is 0 Å². The number of aliphatic imine (C=N–C) groups is 1. The maximum absolute atomic E-state index is 5.74. The molecule has 2 aromatic rings. The molecule has 0 spiro atoms. The van der Waals surface area contributed by atoms with E-state index in [9.17, 15) is 0 Å². The predicted octanol–water partition coefficient (Wildman–Crippen LogP) is 3.85. The average Bonchev–Trinajstić information content (AvgIpc) is 2.40. The van der Waals surface area contributed by atoms with Crippen LogP contribution < -0.4 is 10.6 Å². The Morgan fingerprint density at radius 2 is 1.79 bits per heavy atom. The molecular formula is C15H16BrN3. The van der Waals surface area contributed by atoms with Crippen molar-refractivity contribution in [3.8, 4) is 0 Å². The smallest absolute Gasteiger partial charge is 0.0642 e. The fourth-order valence-corrected chi connectivity index (χ4v) is 1.97. The van der Waals surface area contributed by atoms with Gasteiger partial charge in [0.2, 0.25) is 0 Å². The normalized spacial score (nSPS) is 10.9. The zero-order valence-corrected chi connectivity index (χ0v) is 12.6. The molecule has 2 rings (SSSR count). The van der Waals surface area contributed by atoms with E-state index in [1.54, 1.807) is 0 Å². The summed E-state index contributed by atoms with van der Waals surface area (Å²) in [6, 6.07) is 13.9. The van der Waals surface area contributed by atoms with Crippen LogP contribution in [-0.4, -0.2) is 20.3 Å². The van der Waals surface area contributed by atoms with Crippen LogP contribution in [0.5, 0.6) is 0 Å². The lowest BCUT2D eigenvalue weighted by Crippen LogP contribution is -2.08. The number of nitrogens with two attached hydrogens (primary N) is 1. The van der Waals surface area contributed by atoms with Crippen molar-refractivity contribution in [3.05, 3.63) is 52.5 Å². The highest BCUT2D eigenvalue weighted by molar-refractivity contribution is 9.10. The second-order valence-electron chi connectivity index (χ2n) is 4.45. The Morgan fingerprint density at radius 1 is 1.11 bits per heavy atom. The second-order valence-corrected chi connectivity index (χ2v) is 5.30. The standard InChI is InChI=1S/C15H16BrN3/c1-19(2)13-6-3-11(4-7-13)10-18-12-5-8-15(17)14(16)9-12/h3-10H,17H2,1-2H3. The van der Waals surface area contributed by atoms with Gasteiger partial charge in [-0.05, 0) is 51.8 Å². The van der Waals surface area contributed by atoms with Crippen LogP contribution in [0.15, 0.2) is 51.9 Å². The lowest BCUT2D eigenvalue weighted by atomic mass is 10.2. The first-order chi connectivity index (χ1) is 9.06. The molecule has 3 nitrogen and oxygen atoms in total. The summed E-state index contributed by atoms with van der Waals surface area (Å²) in [7, 11) is 4.05. The number of hydrogen-bond acceptors (Lipinski definition) is 3. The van der Waals surface area contributed by atoms with Crippen molar-refractivity contribution in [3.63, 3.8) is 0 Å². The largest absolute Gasteiger partial charge is 0.398 e. The van der Waals surface area contributed by atoms with Gasteiger partial charge in [-0.1, -0.05) is 12.1 Å². The summed E-state index contributed by atoms with van der Waals surface area (Å²) < 4.78 is 0.866. The molecule has 2 aromatic carbocycles. The molecule has 0 saturated heterocycles. The van der Waals surface area contributed by atoms with Crippen LogP contribution in [0.4, 0.5) is 17.1 Å². The number of nitrogens with zero attached hydrogens (tertiary/aromatic N) is 2. The Labute approximate surface area is 121 Å². The Morgan fingerprint density at radius 3 is 2.37 bits per heavy atom. The Hall–Kier alpha value is -1.81. The highest BCUT2D eigenvalue weighted by Gasteiger charge is 1.97. The van der Waals surface area contributed by atoms with Crippen molar-refractivity contribution in [1.82, 2.24) is 0 Å². The lowest BCUT2D eigenvalue weighted by molar-refractivity contribution is 1.13. The average molecular weight is 318 g/mol. The van der Waals surface area contributed by atoms with E-state index in [0.717, 1.165) is 15.7 Å². The lowest BCUT2D eigenvalue weighted by Gasteiger charge is -2.11. The highest BCUT2D eigenvalue weighted by atomic mass is 79.9. The fourth-order valence-electron chi connectivity index (χ4n) is 1.60. The Balaban J connectivity index is 2.15. The molecule has 0 heterocycles. The number of nitrogen functional groups attached to an aromatic ring is 1. The molecule has 0 bridgehead atoms. The number of hydrogen-bond donors (Lipinski definition) is 1. The zero-order chi connectivity index (χ0) is 13.8. The van der Waals surface area contributed by atoms with Gasteiger partial charge in [-0.3, -0.25) is 4.99 Å². The van der Waals surface area contributed by atoms with Gasteiger partial charge in [0.1, 0.15) is 0 Å². The van der Waals surface area contributed by atoms with Crippen molar-refractivity contribution < 1.29 is 0 Å². The van der Waals surface area contributed by atoms with E-state index in [4.69, 9.17) is 5.73 Å². The molecule has 2 N–H and O–H groups in total. The van der Waals surface area contributed by atoms with Crippen LogP contribution in [0.3, 0.4) is 0 Å². The van der Waals surface area contributed by atoms with Crippen molar-refractivity contribution in [2.24, 2.45) is 4.99 Å². The summed E-state index contributed by atoms with van der Waals surface area (Å²) in [4.78, 5) is 6.50. The first kappa shape index (κ1) is 13.6. The molecule has 19 heavy (non-hydrogen) atoms. The molecule has 98 valence electrons. The molecule has 0 fully saturated rings. The van der Waals surface area contributed by atoms with Gasteiger partial charge < -0.3 is 10.6 Å². The molecule has 0 radical (unpaired) electrons. The summed E-state index contributed by atoms with van der Waals surface area (Å²) in [6.45, 7) is 0. The number of halogens is 1. The van der Waals surface area contributed by atoms with Crippen LogP contribution in [0, 0.1) is 0 Å². The third kappa shape index (κ3) is 3.58. The summed E-state index contributed by atoms with van der Waals surface area (Å²) in [5, 5.41) is 0. The minimum absolute atomic E-state index is 0.717. The summed E-state index contributed by atoms with van der Waals surface area (Å²) >= 11 is 3.39. The highest BCUT2D eigenvalue weighted by Crippen LogP contribution is 2.24. The third-order valence-corrected chi connectivity index (χ3v) is 3.44. The third-order valence-electron chi connectivity index (χ3n) is 2.76. The van der Waals surface area contributed by atoms with E-state index in [-0.39, 0.29) is 0 Å². The van der Waals surface area contributed by atoms with Gasteiger partial charge in [-0.2, -0.15) is 0 Å². The van der Waals surface area contributed by atoms with Crippen LogP contribution in [0.2, 0.25) is 0 Å². The zero-order valence-electron chi connectivity index (χ0n) is 11.0. The quantitative estimate of drug-likeness (QED) is 0.690. The van der Waals surface area contributed by atoms with Gasteiger partial charge in [-0.25, -0.2) is 0 Å². The first-order valence-electron chi connectivity index (χ1n) is 5.93. The van der Waals surface area contributed by atoms with Gasteiger partial charge >= 0.3 is 0 Å². The van der Waals surface area contributed by atoms with Gasteiger partial charge in [0.15, 0.2) is 0 Å². The molecule has 0 aliphatic heterocycles. The summed E-state index contributed by atoms with van der Waals surface area (Å²) in [5.74, 6) is 0. The van der Waals surface area contributed by atoms with Crippen LogP contribution in [0.25, 0.3) is 0 Å². The van der Waals surface area contributed by atoms with Gasteiger partial charge in [0.05, 0.1) is 5.69 Å². The van der Waals surface area contributed by atoms with Gasteiger partial charge in [-0.15, -0.1) is 0 Å². The van der Waals surface area contributed by atoms with Crippen LogP contribution in [0.1, 0.15) is 5.56 Å². The maximum Gasteiger partial charge on any atom is 0.0642 e. The van der Waals surface area contributed by atoms with E-state index in [1.165, 1.54) is 5.69 Å². The van der Waals surface area contributed by atoms with Crippen LogP contribution >= 0.6 is 15.9 Å². The van der Waals surface area contributed by atoms with Gasteiger partial charge in [0, 0.05) is 36.2 Å². The molecule has 4 heteroatoms. The molecule has 0 unspecified atom stereocenters. The Bertz CT molecular complexity index is 589. The molecule has 0 saturated carbocycles. The number of rotatable bonds is 3. The SMILES string of the molecule is CN(C)c1ccc(C=Nc2ccc(N)c(Br)c2)cc1. The predicted molar refractivity (Wildman–Crippen MR) is 86.6 cm³/mol. The minimum atomic E-state index is 0.717. The van der Waals surface area contributed by atoms with Crippen molar-refractivity contribution in [2.75, 3.05) is 24.7 Å². The number of anilines is 2. The van der Waals surface area contributed by atoms with E-state index >= 15 is 0 Å². The maximum atomic E-state index is 5.74. The van der Waals surface area contributed by atoms with E-state index in [1.807, 2.05) is 50.6 Å². The molecular weight excluding hydrogens is 302 g/mol. The van der Waals surface area contributed by atoms with E-state index in [0.29, 0.717) is 5.69 Å². The van der Waals surface area contributed by atoms with Crippen molar-refractivity contribution in [1.29, 1.82) is 0 Å². The summed E-state index contributed by atoms with van der Waals surface area (Å²) in [5.41, 5.74) is 9.57. The first-order valence-corrected chi connectivity index (χ1v) is 6.72. The molecule has 0 atom stereocenters. The second kappa shape index (κ2) is 5.89. The van der Waals surface area contributed by atoms with Gasteiger partial charge in [0.25, 0.3) is 0 Å². The topological polar surface area (TPSA) is 41.6 Å².